The van der Waals surface area contributed by atoms with Crippen LogP contribution >= 0.6 is 7.82 Å². The Morgan fingerprint density at radius 2 is 0.796 bits per heavy atom. The SMILES string of the molecule is CC(=O)N[C@@H]1[C@H](O[C@H]2[C@H](OCc3ccccc3)[C@@H](OCc3ccccc3)[C@@H](O[C@@H]3[C@H](OCc4ccccc4)[C@@H](OCc4ccccc4)[C@H](C)C[C@H]3OP(=O)(OCc3ccccc3)OCc3ccccc3)O[C@@H]2COCc2ccccc2)O[C@@H]2CO[C@@H](c3ccccc3)O[C@H]2[C@@H]1OCc1ccccc1. The Hall–Kier alpha value is -7.92. The number of phosphoric ester groups is 1. The summed E-state index contributed by atoms with van der Waals surface area (Å²) in [6.07, 6.45) is -14.2. The predicted octanol–water partition coefficient (Wildman–Crippen LogP) is 14.9. The number of carbonyl (C=O) groups excluding carboxylic acids is 1. The van der Waals surface area contributed by atoms with Crippen molar-refractivity contribution >= 4 is 13.7 Å². The van der Waals surface area contributed by atoms with Crippen LogP contribution in [0.5, 0.6) is 0 Å². The average molecular weight is 1420 g/mol. The summed E-state index contributed by atoms with van der Waals surface area (Å²) >= 11 is 0. The van der Waals surface area contributed by atoms with Gasteiger partial charge in [-0.15, -0.1) is 0 Å². The van der Waals surface area contributed by atoms with Gasteiger partial charge in [-0.3, -0.25) is 18.4 Å². The molecule has 0 radical (unpaired) electrons. The molecule has 4 fully saturated rings. The maximum atomic E-state index is 16.0. The molecule has 3 aliphatic heterocycles. The average Bonchev–Trinajstić information content (AvgIpc) is 0.761. The normalized spacial score (nSPS) is 26.4. The Labute approximate surface area is 603 Å². The van der Waals surface area contributed by atoms with Gasteiger partial charge in [0.1, 0.15) is 61.0 Å². The molecule has 9 aromatic rings. The number of nitrogens with one attached hydrogen (secondary N) is 1. The second-order valence-electron chi connectivity index (χ2n) is 26.3. The Balaban J connectivity index is 0.927. The van der Waals surface area contributed by atoms with Gasteiger partial charge in [-0.1, -0.05) is 280 Å². The fraction of sp³-hybridized carbons (Fsp3) is 0.345. The van der Waals surface area contributed by atoms with E-state index in [9.17, 15) is 4.79 Å². The van der Waals surface area contributed by atoms with Crippen molar-refractivity contribution < 1.29 is 79.8 Å². The van der Waals surface area contributed by atoms with Gasteiger partial charge in [0.25, 0.3) is 0 Å². The van der Waals surface area contributed by atoms with Crippen molar-refractivity contribution in [3.05, 3.63) is 323 Å². The molecule has 1 aliphatic carbocycles. The summed E-state index contributed by atoms with van der Waals surface area (Å²) in [6.45, 7) is 4.06. The van der Waals surface area contributed by atoms with Gasteiger partial charge in [0.15, 0.2) is 18.9 Å². The largest absolute Gasteiger partial charge is 0.475 e. The van der Waals surface area contributed by atoms with Gasteiger partial charge in [0.05, 0.1) is 78.3 Å². The van der Waals surface area contributed by atoms with Crippen LogP contribution < -0.4 is 5.32 Å². The Morgan fingerprint density at radius 1 is 0.417 bits per heavy atom. The minimum atomic E-state index is -4.59. The zero-order chi connectivity index (χ0) is 70.4. The summed E-state index contributed by atoms with van der Waals surface area (Å²) in [5.74, 6) is -0.689. The molecule has 3 saturated heterocycles. The van der Waals surface area contributed by atoms with E-state index in [4.69, 9.17) is 70.4 Å². The number of hydrogen-bond acceptors (Lipinski definition) is 17. The zero-order valence-corrected chi connectivity index (χ0v) is 58.8. The number of phosphoric acid groups is 1. The first-order chi connectivity index (χ1) is 50.6. The maximum Gasteiger partial charge on any atom is 0.475 e. The van der Waals surface area contributed by atoms with Crippen molar-refractivity contribution in [1.29, 1.82) is 0 Å². The molecule has 0 spiro atoms. The molecule has 1 amide bonds. The molecule has 1 N–H and O–H groups in total. The summed E-state index contributed by atoms with van der Waals surface area (Å²) in [7, 11) is -4.59. The fourth-order valence-corrected chi connectivity index (χ4v) is 14.9. The molecule has 538 valence electrons. The zero-order valence-electron chi connectivity index (χ0n) is 57.9. The third-order valence-corrected chi connectivity index (χ3v) is 20.1. The first-order valence-corrected chi connectivity index (χ1v) is 36.9. The van der Waals surface area contributed by atoms with E-state index in [0.717, 1.165) is 50.1 Å². The first-order valence-electron chi connectivity index (χ1n) is 35.4. The number of rotatable bonds is 33. The highest BCUT2D eigenvalue weighted by molar-refractivity contribution is 7.48. The topological polar surface area (TPSA) is 185 Å². The van der Waals surface area contributed by atoms with Gasteiger partial charge in [-0.05, 0) is 56.8 Å². The second kappa shape index (κ2) is 37.2. The van der Waals surface area contributed by atoms with E-state index >= 15 is 4.57 Å². The maximum absolute atomic E-state index is 16.0. The Morgan fingerprint density at radius 3 is 1.24 bits per heavy atom. The standard InChI is InChI=1S/C84H90NO17P/c1-59-48-70(102-103(87,95-55-67-42-24-9-25-43-67)96-56-68-44-26-10-27-45-68)75(79(91-52-64-36-18-6-19-37-64)74(59)89-50-62-32-14-4-15-33-62)101-84-81(93-54-66-40-22-8-23-41-66)80(92-53-65-38-20-7-21-39-65)77(71(98-84)57-88-49-61-30-12-3-13-31-61)100-83-73(85-60(2)86)78(90-51-63-34-16-5-17-35-63)76-72(97-83)58-94-82(99-76)69-46-28-11-29-47-69/h3-47,59,70-84H,48-58H2,1-2H3,(H,85,86)/t59-,70-,71-,72-,73+,74+,75+,76-,77-,78-,79-,80+,81-,82-,83+,84-/m1/s1. The van der Waals surface area contributed by atoms with E-state index in [1.807, 2.05) is 273 Å². The van der Waals surface area contributed by atoms with Gasteiger partial charge in [-0.25, -0.2) is 4.57 Å². The Kier molecular flexibility index (Phi) is 26.5. The van der Waals surface area contributed by atoms with Crippen LogP contribution in [0.1, 0.15) is 76.6 Å². The van der Waals surface area contributed by atoms with Crippen LogP contribution in [-0.4, -0.2) is 105 Å². The molecule has 16 atom stereocenters. The van der Waals surface area contributed by atoms with Crippen molar-refractivity contribution in [2.24, 2.45) is 5.92 Å². The van der Waals surface area contributed by atoms with Crippen LogP contribution in [0.4, 0.5) is 0 Å². The van der Waals surface area contributed by atoms with E-state index < -0.39 is 99.9 Å². The van der Waals surface area contributed by atoms with E-state index in [2.05, 4.69) is 12.2 Å². The molecular weight excluding hydrogens is 1330 g/mol. The molecule has 4 aliphatic rings. The number of hydrogen-bond donors (Lipinski definition) is 1. The molecule has 0 aromatic heterocycles. The van der Waals surface area contributed by atoms with Crippen LogP contribution in [0.15, 0.2) is 273 Å². The first kappa shape index (κ1) is 73.4. The van der Waals surface area contributed by atoms with Gasteiger partial charge in [0.2, 0.25) is 5.91 Å². The molecule has 13 rings (SSSR count). The third-order valence-electron chi connectivity index (χ3n) is 18.7. The van der Waals surface area contributed by atoms with Crippen molar-refractivity contribution in [1.82, 2.24) is 5.32 Å². The lowest BCUT2D eigenvalue weighted by atomic mass is 9.81. The van der Waals surface area contributed by atoms with Gasteiger partial charge >= 0.3 is 7.82 Å². The number of ether oxygens (including phenoxy) is 12. The van der Waals surface area contributed by atoms with Crippen molar-refractivity contribution in [2.75, 3.05) is 13.2 Å². The highest BCUT2D eigenvalue weighted by Gasteiger charge is 2.58. The lowest BCUT2D eigenvalue weighted by molar-refractivity contribution is -0.387. The van der Waals surface area contributed by atoms with Crippen molar-refractivity contribution in [3.8, 4) is 0 Å². The minimum Gasteiger partial charge on any atom is -0.374 e. The van der Waals surface area contributed by atoms with Crippen LogP contribution in [-0.2, 0) is 133 Å². The van der Waals surface area contributed by atoms with E-state index in [1.54, 1.807) is 0 Å². The molecular formula is C84H90NO17P. The lowest BCUT2D eigenvalue weighted by Gasteiger charge is -2.52. The monoisotopic (exact) mass is 1420 g/mol. The van der Waals surface area contributed by atoms with Crippen molar-refractivity contribution in [2.45, 2.75) is 165 Å². The summed E-state index contributed by atoms with van der Waals surface area (Å²) in [5.41, 5.74) is 7.62. The molecule has 19 heteroatoms. The molecule has 3 heterocycles. The number of benzene rings is 9. The van der Waals surface area contributed by atoms with Crippen LogP contribution in [0.2, 0.25) is 0 Å². The van der Waals surface area contributed by atoms with Gasteiger partial charge in [-0.2, -0.15) is 0 Å². The molecule has 9 aromatic carbocycles. The van der Waals surface area contributed by atoms with E-state index in [-0.39, 0.29) is 84.3 Å². The van der Waals surface area contributed by atoms with Crippen molar-refractivity contribution in [3.63, 3.8) is 0 Å². The van der Waals surface area contributed by atoms with E-state index in [0.29, 0.717) is 0 Å². The summed E-state index contributed by atoms with van der Waals surface area (Å²) in [4.78, 5) is 13.9. The smallest absolute Gasteiger partial charge is 0.374 e. The molecule has 1 saturated carbocycles. The van der Waals surface area contributed by atoms with Gasteiger partial charge in [0, 0.05) is 12.5 Å². The molecule has 0 unspecified atom stereocenters. The highest BCUT2D eigenvalue weighted by atomic mass is 31.2. The fourth-order valence-electron chi connectivity index (χ4n) is 13.5. The highest BCUT2D eigenvalue weighted by Crippen LogP contribution is 2.55. The quantitative estimate of drug-likeness (QED) is 0.0383. The number of amides is 1. The Bertz CT molecular complexity index is 3930. The molecule has 0 bridgehead atoms. The summed E-state index contributed by atoms with van der Waals surface area (Å²) in [5, 5.41) is 3.20. The van der Waals surface area contributed by atoms with Gasteiger partial charge < -0.3 is 62.2 Å². The summed E-state index contributed by atoms with van der Waals surface area (Å²) < 4.78 is 122. The molecule has 18 nitrogen and oxygen atoms in total. The van der Waals surface area contributed by atoms with Crippen LogP contribution in [0.3, 0.4) is 0 Å². The molecule has 103 heavy (non-hydrogen) atoms. The number of fused-ring (bicyclic) bond motifs is 1. The van der Waals surface area contributed by atoms with Crippen LogP contribution in [0.25, 0.3) is 0 Å². The minimum absolute atomic E-state index is 0.0426. The number of carbonyl (C=O) groups is 1. The summed E-state index contributed by atoms with van der Waals surface area (Å²) in [6, 6.07) is 86.6. The predicted molar refractivity (Wildman–Crippen MR) is 385 cm³/mol. The lowest BCUT2D eigenvalue weighted by Crippen LogP contribution is -2.70. The van der Waals surface area contributed by atoms with E-state index in [1.165, 1.54) is 6.92 Å². The van der Waals surface area contributed by atoms with Crippen LogP contribution in [0, 0.1) is 5.92 Å². The second-order valence-corrected chi connectivity index (χ2v) is 27.9. The third kappa shape index (κ3) is 20.5.